The van der Waals surface area contributed by atoms with Gasteiger partial charge in [-0.25, -0.2) is 8.78 Å². The molecule has 0 aliphatic heterocycles. The van der Waals surface area contributed by atoms with E-state index in [4.69, 9.17) is 11.6 Å². The summed E-state index contributed by atoms with van der Waals surface area (Å²) in [5.74, 6) is -1.97. The van der Waals surface area contributed by atoms with Crippen molar-refractivity contribution in [3.05, 3.63) is 64.3 Å². The zero-order valence-corrected chi connectivity index (χ0v) is 14.0. The number of amides is 1. The Morgan fingerprint density at radius 1 is 1.20 bits per heavy atom. The van der Waals surface area contributed by atoms with E-state index < -0.39 is 11.6 Å². The zero-order chi connectivity index (χ0) is 17.6. The Bertz CT molecular complexity index is 983. The number of anilines is 1. The van der Waals surface area contributed by atoms with Gasteiger partial charge in [-0.1, -0.05) is 11.6 Å². The van der Waals surface area contributed by atoms with Gasteiger partial charge in [0.05, 0.1) is 5.69 Å². The van der Waals surface area contributed by atoms with Crippen molar-refractivity contribution in [1.82, 2.24) is 4.98 Å². The van der Waals surface area contributed by atoms with Gasteiger partial charge in [-0.3, -0.25) is 4.79 Å². The van der Waals surface area contributed by atoms with Gasteiger partial charge in [0.25, 0.3) is 0 Å². The van der Waals surface area contributed by atoms with E-state index in [2.05, 4.69) is 10.3 Å². The lowest BCUT2D eigenvalue weighted by molar-refractivity contribution is -0.120. The van der Waals surface area contributed by atoms with Crippen LogP contribution in [0.2, 0.25) is 5.02 Å². The van der Waals surface area contributed by atoms with Crippen LogP contribution in [0.1, 0.15) is 17.7 Å². The Morgan fingerprint density at radius 2 is 2.04 bits per heavy atom. The summed E-state index contributed by atoms with van der Waals surface area (Å²) in [6, 6.07) is 8.77. The number of carbonyl (C=O) groups excluding carboxylic acids is 1. The zero-order valence-electron chi connectivity index (χ0n) is 13.2. The van der Waals surface area contributed by atoms with Crippen LogP contribution >= 0.6 is 11.6 Å². The predicted molar refractivity (Wildman–Crippen MR) is 93.8 cm³/mol. The van der Waals surface area contributed by atoms with Gasteiger partial charge in [0, 0.05) is 33.6 Å². The van der Waals surface area contributed by atoms with E-state index in [1.807, 2.05) is 18.2 Å². The second-order valence-corrected chi connectivity index (χ2v) is 6.76. The summed E-state index contributed by atoms with van der Waals surface area (Å²) >= 11 is 6.09. The first-order valence-electron chi connectivity index (χ1n) is 8.06. The molecular weight excluding hydrogens is 346 g/mol. The fourth-order valence-corrected chi connectivity index (χ4v) is 3.61. The van der Waals surface area contributed by atoms with Gasteiger partial charge >= 0.3 is 0 Å². The lowest BCUT2D eigenvalue weighted by atomic mass is 9.85. The molecule has 6 heteroatoms. The van der Waals surface area contributed by atoms with Crippen molar-refractivity contribution in [2.75, 3.05) is 5.32 Å². The SMILES string of the molecule is O=C(Nc1ccc(F)cc1F)C1CCc2[nH]c3ccc(Cl)cc3c2C1. The van der Waals surface area contributed by atoms with Crippen LogP contribution in [-0.2, 0) is 17.6 Å². The highest BCUT2D eigenvalue weighted by molar-refractivity contribution is 6.31. The fourth-order valence-electron chi connectivity index (χ4n) is 3.44. The number of benzene rings is 2. The third kappa shape index (κ3) is 3.00. The third-order valence-electron chi connectivity index (χ3n) is 4.71. The number of aromatic amines is 1. The highest BCUT2D eigenvalue weighted by Gasteiger charge is 2.28. The van der Waals surface area contributed by atoms with Crippen molar-refractivity contribution in [2.45, 2.75) is 19.3 Å². The number of rotatable bonds is 2. The van der Waals surface area contributed by atoms with Gasteiger partial charge in [-0.05, 0) is 55.2 Å². The predicted octanol–water partition coefficient (Wildman–Crippen LogP) is 4.84. The topological polar surface area (TPSA) is 44.9 Å². The average Bonchev–Trinajstić information content (AvgIpc) is 2.94. The minimum atomic E-state index is -0.774. The highest BCUT2D eigenvalue weighted by Crippen LogP contribution is 2.33. The summed E-state index contributed by atoms with van der Waals surface area (Å²) in [5.41, 5.74) is 3.21. The van der Waals surface area contributed by atoms with Crippen LogP contribution in [0.5, 0.6) is 0 Å². The van der Waals surface area contributed by atoms with Gasteiger partial charge < -0.3 is 10.3 Å². The molecule has 0 bridgehead atoms. The first kappa shape index (κ1) is 16.1. The van der Waals surface area contributed by atoms with Crippen molar-refractivity contribution in [3.8, 4) is 0 Å². The monoisotopic (exact) mass is 360 g/mol. The van der Waals surface area contributed by atoms with Crippen molar-refractivity contribution in [1.29, 1.82) is 0 Å². The molecule has 1 aromatic heterocycles. The van der Waals surface area contributed by atoms with E-state index in [0.29, 0.717) is 17.9 Å². The maximum absolute atomic E-state index is 13.7. The number of aryl methyl sites for hydroxylation is 1. The number of hydrogen-bond acceptors (Lipinski definition) is 1. The van der Waals surface area contributed by atoms with E-state index in [-0.39, 0.29) is 17.5 Å². The van der Waals surface area contributed by atoms with E-state index in [9.17, 15) is 13.6 Å². The van der Waals surface area contributed by atoms with E-state index >= 15 is 0 Å². The molecule has 4 rings (SSSR count). The van der Waals surface area contributed by atoms with E-state index in [1.165, 1.54) is 6.07 Å². The second kappa shape index (κ2) is 6.15. The number of nitrogens with one attached hydrogen (secondary N) is 2. The number of hydrogen-bond donors (Lipinski definition) is 2. The van der Waals surface area contributed by atoms with Crippen LogP contribution in [0.15, 0.2) is 36.4 Å². The molecule has 1 atom stereocenters. The summed E-state index contributed by atoms with van der Waals surface area (Å²) < 4.78 is 26.7. The number of fused-ring (bicyclic) bond motifs is 3. The smallest absolute Gasteiger partial charge is 0.227 e. The first-order valence-corrected chi connectivity index (χ1v) is 8.44. The molecule has 2 aromatic carbocycles. The Morgan fingerprint density at radius 3 is 2.84 bits per heavy atom. The molecule has 1 heterocycles. The quantitative estimate of drug-likeness (QED) is 0.674. The molecular formula is C19H15ClF2N2O. The van der Waals surface area contributed by atoms with Gasteiger partial charge in [-0.15, -0.1) is 0 Å². The molecule has 1 aliphatic carbocycles. The van der Waals surface area contributed by atoms with Gasteiger partial charge in [0.2, 0.25) is 5.91 Å². The van der Waals surface area contributed by atoms with Crippen molar-refractivity contribution in [3.63, 3.8) is 0 Å². The molecule has 128 valence electrons. The molecule has 2 N–H and O–H groups in total. The van der Waals surface area contributed by atoms with Crippen molar-refractivity contribution in [2.24, 2.45) is 5.92 Å². The fraction of sp³-hybridized carbons (Fsp3) is 0.211. The van der Waals surface area contributed by atoms with Crippen LogP contribution in [0.25, 0.3) is 10.9 Å². The standard InChI is InChI=1S/C19H15ClF2N2O/c20-11-2-5-17-14(8-11)13-7-10(1-4-16(13)23-17)19(25)24-18-6-3-12(21)9-15(18)22/h2-3,5-6,8-10,23H,1,4,7H2,(H,24,25). The van der Waals surface area contributed by atoms with E-state index in [1.54, 1.807) is 0 Å². The van der Waals surface area contributed by atoms with Crippen molar-refractivity contribution >= 4 is 34.1 Å². The van der Waals surface area contributed by atoms with Gasteiger partial charge in [0.15, 0.2) is 0 Å². The van der Waals surface area contributed by atoms with Crippen molar-refractivity contribution < 1.29 is 13.6 Å². The van der Waals surface area contributed by atoms with Crippen LogP contribution in [0.3, 0.4) is 0 Å². The summed E-state index contributed by atoms with van der Waals surface area (Å²) in [5, 5.41) is 4.24. The minimum absolute atomic E-state index is 0.000770. The largest absolute Gasteiger partial charge is 0.358 e. The molecule has 0 saturated carbocycles. The molecule has 3 nitrogen and oxygen atoms in total. The molecule has 0 spiro atoms. The highest BCUT2D eigenvalue weighted by atomic mass is 35.5. The minimum Gasteiger partial charge on any atom is -0.358 e. The molecule has 1 amide bonds. The Kier molecular flexibility index (Phi) is 3.96. The van der Waals surface area contributed by atoms with Crippen LogP contribution in [0.4, 0.5) is 14.5 Å². The Balaban J connectivity index is 1.58. The van der Waals surface area contributed by atoms with Gasteiger partial charge in [-0.2, -0.15) is 0 Å². The normalized spacial score (nSPS) is 16.7. The first-order chi connectivity index (χ1) is 12.0. The van der Waals surface area contributed by atoms with Gasteiger partial charge in [0.1, 0.15) is 11.6 Å². The van der Waals surface area contributed by atoms with Crippen LogP contribution in [0, 0.1) is 17.6 Å². The number of halogens is 3. The molecule has 3 aromatic rings. The summed E-state index contributed by atoms with van der Waals surface area (Å²) in [4.78, 5) is 15.9. The summed E-state index contributed by atoms with van der Waals surface area (Å²) in [7, 11) is 0. The third-order valence-corrected chi connectivity index (χ3v) is 4.94. The molecule has 25 heavy (non-hydrogen) atoms. The Labute approximate surface area is 148 Å². The van der Waals surface area contributed by atoms with Crippen LogP contribution < -0.4 is 5.32 Å². The summed E-state index contributed by atoms with van der Waals surface area (Å²) in [6.45, 7) is 0. The van der Waals surface area contributed by atoms with E-state index in [0.717, 1.165) is 40.7 Å². The second-order valence-electron chi connectivity index (χ2n) is 6.33. The lowest BCUT2D eigenvalue weighted by Gasteiger charge is -2.22. The molecule has 0 fully saturated rings. The summed E-state index contributed by atoms with van der Waals surface area (Å²) in [6.07, 6.45) is 1.97. The lowest BCUT2D eigenvalue weighted by Crippen LogP contribution is -2.28. The number of H-pyrrole nitrogens is 1. The number of carbonyl (C=O) groups is 1. The maximum Gasteiger partial charge on any atom is 0.227 e. The molecule has 0 radical (unpaired) electrons. The van der Waals surface area contributed by atoms with Crippen LogP contribution in [-0.4, -0.2) is 10.9 Å². The molecule has 1 aliphatic rings. The molecule has 0 saturated heterocycles. The Hall–Kier alpha value is -2.40. The average molecular weight is 361 g/mol. The molecule has 1 unspecified atom stereocenters. The maximum atomic E-state index is 13.7. The number of aromatic nitrogens is 1.